The van der Waals surface area contributed by atoms with Gasteiger partial charge in [-0.15, -0.1) is 0 Å². The maximum absolute atomic E-state index is 11.9. The average Bonchev–Trinajstić information content (AvgIpc) is 3.20. The molecule has 0 spiro atoms. The molecule has 158 valence electrons. The van der Waals surface area contributed by atoms with Crippen LogP contribution < -0.4 is 15.4 Å². The first-order valence-corrected chi connectivity index (χ1v) is 10.3. The van der Waals surface area contributed by atoms with Crippen LogP contribution in [0.25, 0.3) is 21.1 Å². The first-order valence-electron chi connectivity index (χ1n) is 9.44. The number of ether oxygens (including phenoxy) is 1. The lowest BCUT2D eigenvalue weighted by Gasteiger charge is -2.10. The van der Waals surface area contributed by atoms with E-state index in [1.165, 1.54) is 17.7 Å². The summed E-state index contributed by atoms with van der Waals surface area (Å²) in [6, 6.07) is 14.7. The number of hydrogen-bond acceptors (Lipinski definition) is 10. The van der Waals surface area contributed by atoms with Crippen LogP contribution in [0.4, 0.5) is 28.1 Å². The van der Waals surface area contributed by atoms with Crippen molar-refractivity contribution in [1.29, 1.82) is 0 Å². The quantitative estimate of drug-likeness (QED) is 0.273. The summed E-state index contributed by atoms with van der Waals surface area (Å²) in [5.41, 5.74) is 1.87. The Morgan fingerprint density at radius 3 is 2.66 bits per heavy atom. The summed E-state index contributed by atoms with van der Waals surface area (Å²) in [5, 5.41) is 19.3. The number of aromatic nitrogens is 4. The molecule has 0 amide bonds. The van der Waals surface area contributed by atoms with Crippen LogP contribution in [0.15, 0.2) is 61.1 Å². The molecule has 0 unspecified atom stereocenters. The van der Waals surface area contributed by atoms with Gasteiger partial charge in [-0.25, -0.2) is 15.0 Å². The smallest absolute Gasteiger partial charge is 0.353 e. The largest absolute Gasteiger partial charge is 0.497 e. The van der Waals surface area contributed by atoms with E-state index < -0.39 is 4.92 Å². The van der Waals surface area contributed by atoms with Crippen molar-refractivity contribution in [3.63, 3.8) is 0 Å². The zero-order chi connectivity index (χ0) is 22.1. The molecule has 5 rings (SSSR count). The Balaban J connectivity index is 1.53. The summed E-state index contributed by atoms with van der Waals surface area (Å²) in [5.74, 6) is 0.806. The van der Waals surface area contributed by atoms with Crippen molar-refractivity contribution in [2.45, 2.75) is 0 Å². The molecule has 0 aliphatic heterocycles. The SMILES string of the molecule is COc1ccc2nc(Nc3ncnc(Nc4cccc5ncccc45)c3[N+](=O)[O-])sc2c1. The molecule has 3 heterocycles. The molecule has 0 saturated carbocycles. The molecule has 10 nitrogen and oxygen atoms in total. The molecule has 0 atom stereocenters. The summed E-state index contributed by atoms with van der Waals surface area (Å²) in [6.45, 7) is 0. The zero-order valence-electron chi connectivity index (χ0n) is 16.6. The van der Waals surface area contributed by atoms with Crippen molar-refractivity contribution in [2.24, 2.45) is 0 Å². The number of fused-ring (bicyclic) bond motifs is 2. The molecule has 2 aromatic carbocycles. The highest BCUT2D eigenvalue weighted by atomic mass is 32.1. The van der Waals surface area contributed by atoms with E-state index in [0.29, 0.717) is 16.6 Å². The van der Waals surface area contributed by atoms with Crippen molar-refractivity contribution < 1.29 is 9.66 Å². The van der Waals surface area contributed by atoms with Crippen LogP contribution >= 0.6 is 11.3 Å². The van der Waals surface area contributed by atoms with Crippen LogP contribution in [0.5, 0.6) is 5.75 Å². The number of pyridine rings is 1. The van der Waals surface area contributed by atoms with Crippen LogP contribution in [-0.2, 0) is 0 Å². The second kappa shape index (κ2) is 8.04. The highest BCUT2D eigenvalue weighted by molar-refractivity contribution is 7.22. The van der Waals surface area contributed by atoms with Gasteiger partial charge in [0.2, 0.25) is 11.6 Å². The molecule has 0 radical (unpaired) electrons. The van der Waals surface area contributed by atoms with Gasteiger partial charge in [-0.2, -0.15) is 0 Å². The number of nitrogens with zero attached hydrogens (tertiary/aromatic N) is 5. The van der Waals surface area contributed by atoms with E-state index in [1.54, 1.807) is 25.4 Å². The van der Waals surface area contributed by atoms with Gasteiger partial charge in [0.15, 0.2) is 5.13 Å². The van der Waals surface area contributed by atoms with Crippen molar-refractivity contribution in [3.8, 4) is 5.75 Å². The Bertz CT molecular complexity index is 1470. The predicted molar refractivity (Wildman–Crippen MR) is 123 cm³/mol. The third kappa shape index (κ3) is 3.61. The van der Waals surface area contributed by atoms with Gasteiger partial charge in [-0.1, -0.05) is 17.4 Å². The van der Waals surface area contributed by atoms with Crippen LogP contribution in [0, 0.1) is 10.1 Å². The lowest BCUT2D eigenvalue weighted by Crippen LogP contribution is -2.05. The first kappa shape index (κ1) is 19.6. The van der Waals surface area contributed by atoms with Gasteiger partial charge in [0.25, 0.3) is 0 Å². The summed E-state index contributed by atoms with van der Waals surface area (Å²) in [7, 11) is 1.59. The maximum Gasteiger partial charge on any atom is 0.353 e. The zero-order valence-corrected chi connectivity index (χ0v) is 17.5. The highest BCUT2D eigenvalue weighted by Gasteiger charge is 2.24. The van der Waals surface area contributed by atoms with Crippen LogP contribution in [0.3, 0.4) is 0 Å². The van der Waals surface area contributed by atoms with Crippen LogP contribution in [-0.4, -0.2) is 32.0 Å². The minimum Gasteiger partial charge on any atom is -0.497 e. The minimum absolute atomic E-state index is 0.0388. The van der Waals surface area contributed by atoms with E-state index in [1.807, 2.05) is 36.4 Å². The molecule has 0 saturated heterocycles. The van der Waals surface area contributed by atoms with E-state index in [4.69, 9.17) is 4.74 Å². The van der Waals surface area contributed by atoms with E-state index in [-0.39, 0.29) is 17.3 Å². The van der Waals surface area contributed by atoms with Crippen molar-refractivity contribution in [2.75, 3.05) is 17.7 Å². The minimum atomic E-state index is -0.523. The molecule has 2 N–H and O–H groups in total. The topological polar surface area (TPSA) is 128 Å². The maximum atomic E-state index is 11.9. The van der Waals surface area contributed by atoms with Crippen LogP contribution in [0.2, 0.25) is 0 Å². The van der Waals surface area contributed by atoms with Gasteiger partial charge in [0.05, 0.1) is 27.8 Å². The molecule has 32 heavy (non-hydrogen) atoms. The summed E-state index contributed by atoms with van der Waals surface area (Å²) >= 11 is 1.34. The number of thiazole rings is 1. The van der Waals surface area contributed by atoms with Gasteiger partial charge in [-0.3, -0.25) is 15.1 Å². The number of anilines is 4. The number of nitro groups is 1. The standard InChI is InChI=1S/C21H15N7O3S/c1-31-12-7-8-16-17(10-12)32-21(26-16)27-20-18(28(29)30)19(23-11-24-20)25-15-6-2-5-14-13(15)4-3-9-22-14/h2-11H,1H3,(H2,23,24,25,26,27). The van der Waals surface area contributed by atoms with Crippen molar-refractivity contribution in [1.82, 2.24) is 19.9 Å². The molecule has 0 bridgehead atoms. The second-order valence-electron chi connectivity index (χ2n) is 6.65. The lowest BCUT2D eigenvalue weighted by molar-refractivity contribution is -0.383. The normalized spacial score (nSPS) is 10.9. The Morgan fingerprint density at radius 2 is 1.84 bits per heavy atom. The van der Waals surface area contributed by atoms with Gasteiger partial charge >= 0.3 is 5.69 Å². The van der Waals surface area contributed by atoms with Crippen molar-refractivity contribution >= 4 is 60.6 Å². The summed E-state index contributed by atoms with van der Waals surface area (Å²) in [6.07, 6.45) is 2.95. The molecule has 0 aliphatic carbocycles. The van der Waals surface area contributed by atoms with E-state index >= 15 is 0 Å². The summed E-state index contributed by atoms with van der Waals surface area (Å²) in [4.78, 5) is 28.4. The highest BCUT2D eigenvalue weighted by Crippen LogP contribution is 2.36. The average molecular weight is 445 g/mol. The molecule has 0 aliphatic rings. The number of methoxy groups -OCH3 is 1. The van der Waals surface area contributed by atoms with Gasteiger partial charge in [0, 0.05) is 17.3 Å². The monoisotopic (exact) mass is 445 g/mol. The number of hydrogen-bond donors (Lipinski definition) is 2. The van der Waals surface area contributed by atoms with Gasteiger partial charge in [-0.05, 0) is 42.5 Å². The Labute approximate surface area is 185 Å². The molecular weight excluding hydrogens is 430 g/mol. The van der Waals surface area contributed by atoms with Gasteiger partial charge < -0.3 is 15.4 Å². The molecular formula is C21H15N7O3S. The molecule has 5 aromatic rings. The molecule has 3 aromatic heterocycles. The van der Waals surface area contributed by atoms with E-state index in [2.05, 4.69) is 30.6 Å². The Kier molecular flexibility index (Phi) is 4.92. The third-order valence-electron chi connectivity index (χ3n) is 4.72. The fraction of sp³-hybridized carbons (Fsp3) is 0.0476. The number of nitrogens with one attached hydrogen (secondary N) is 2. The second-order valence-corrected chi connectivity index (χ2v) is 7.69. The van der Waals surface area contributed by atoms with E-state index in [9.17, 15) is 10.1 Å². The third-order valence-corrected chi connectivity index (χ3v) is 5.66. The van der Waals surface area contributed by atoms with E-state index in [0.717, 1.165) is 21.1 Å². The lowest BCUT2D eigenvalue weighted by atomic mass is 10.2. The summed E-state index contributed by atoms with van der Waals surface area (Å²) < 4.78 is 6.12. The first-order chi connectivity index (χ1) is 15.6. The van der Waals surface area contributed by atoms with Crippen LogP contribution in [0.1, 0.15) is 0 Å². The fourth-order valence-corrected chi connectivity index (χ4v) is 4.15. The molecule has 11 heteroatoms. The Hall–Kier alpha value is -4.38. The number of rotatable bonds is 6. The Morgan fingerprint density at radius 1 is 1.00 bits per heavy atom. The fourth-order valence-electron chi connectivity index (χ4n) is 3.26. The molecule has 0 fully saturated rings. The van der Waals surface area contributed by atoms with Gasteiger partial charge in [0.1, 0.15) is 12.1 Å². The predicted octanol–water partition coefficient (Wildman–Crippen LogP) is 5.04. The van der Waals surface area contributed by atoms with Crippen molar-refractivity contribution in [3.05, 3.63) is 71.2 Å². The number of benzene rings is 2.